The summed E-state index contributed by atoms with van der Waals surface area (Å²) in [6.45, 7) is 0. The van der Waals surface area contributed by atoms with Crippen molar-refractivity contribution < 1.29 is 0 Å². The molecule has 0 amide bonds. The highest BCUT2D eigenvalue weighted by molar-refractivity contribution is 7.78. The van der Waals surface area contributed by atoms with Gasteiger partial charge >= 0.3 is 0 Å². The van der Waals surface area contributed by atoms with Gasteiger partial charge in [-0.2, -0.15) is 0 Å². The number of alkyl halides is 2. The number of hydrogen-bond acceptors (Lipinski definition) is 1. The average molecular weight is 143 g/mol. The van der Waals surface area contributed by atoms with Gasteiger partial charge in [0.1, 0.15) is 5.49 Å². The van der Waals surface area contributed by atoms with Crippen LogP contribution in [0.15, 0.2) is 0 Å². The molecule has 0 aliphatic carbocycles. The van der Waals surface area contributed by atoms with E-state index in [4.69, 9.17) is 23.2 Å². The molecule has 1 nitrogen and oxygen atoms in total. The topological polar surface area (TPSA) is 12.0 Å². The minimum atomic E-state index is -0.623. The number of halogens is 2. The zero-order valence-electron chi connectivity index (χ0n) is 2.74. The summed E-state index contributed by atoms with van der Waals surface area (Å²) in [6.07, 6.45) is 0. The maximum absolute atomic E-state index is 5.10. The third kappa shape index (κ3) is 4.47. The van der Waals surface area contributed by atoms with Crippen LogP contribution in [0.25, 0.3) is 0 Å². The largest absolute Gasteiger partial charge is 0.346 e. The summed E-state index contributed by atoms with van der Waals surface area (Å²) in [5, 5.41) is 2.30. The van der Waals surface area contributed by atoms with Gasteiger partial charge in [0.05, 0.1) is 0 Å². The summed E-state index contributed by atoms with van der Waals surface area (Å²) in [5.41, 5.74) is 2.14. The molecule has 0 aliphatic rings. The molecule has 6 heavy (non-hydrogen) atoms. The third-order valence-electron chi connectivity index (χ3n) is 0.168. The summed E-state index contributed by atoms with van der Waals surface area (Å²) < 4.78 is 0. The first-order valence-electron chi connectivity index (χ1n) is 1.18. The molecule has 0 spiro atoms. The predicted molar refractivity (Wildman–Crippen MR) is 31.2 cm³/mol. The molecule has 0 rings (SSSR count). The molecule has 0 saturated carbocycles. The lowest BCUT2D eigenvalue weighted by Crippen LogP contribution is -2.13. The molecule has 4 heteroatoms. The number of rotatable bonds is 2. The molecule has 0 bridgehead atoms. The van der Waals surface area contributed by atoms with Crippen LogP contribution < -0.4 is 5.32 Å². The smallest absolute Gasteiger partial charge is 0.178 e. The maximum Gasteiger partial charge on any atom is 0.178 e. The fraction of sp³-hybridized carbons (Fsp3) is 0.500. The van der Waals surface area contributed by atoms with E-state index >= 15 is 0 Å². The molecule has 0 aromatic carbocycles. The van der Waals surface area contributed by atoms with Crippen LogP contribution in [0.1, 0.15) is 0 Å². The number of hydrogen-bond donors (Lipinski definition) is 1. The van der Waals surface area contributed by atoms with Crippen LogP contribution in [0.5, 0.6) is 0 Å². The van der Waals surface area contributed by atoms with Crippen molar-refractivity contribution in [1.29, 1.82) is 0 Å². The van der Waals surface area contributed by atoms with Crippen molar-refractivity contribution in [2.75, 3.05) is 0 Å². The second-order valence-corrected chi connectivity index (χ2v) is 1.85. The summed E-state index contributed by atoms with van der Waals surface area (Å²) in [4.78, 5) is -0.623. The van der Waals surface area contributed by atoms with Gasteiger partial charge in [-0.3, -0.25) is 0 Å². The van der Waals surface area contributed by atoms with Crippen molar-refractivity contribution in [3.05, 3.63) is 0 Å². The van der Waals surface area contributed by atoms with Crippen LogP contribution >= 0.6 is 35.4 Å². The highest BCUT2D eigenvalue weighted by Crippen LogP contribution is 1.92. The predicted octanol–water partition coefficient (Wildman–Crippen LogP) is 1.17. The van der Waals surface area contributed by atoms with E-state index in [-0.39, 0.29) is 0 Å². The van der Waals surface area contributed by atoms with E-state index in [1.807, 2.05) is 0 Å². The lowest BCUT2D eigenvalue weighted by Gasteiger charge is -1.91. The van der Waals surface area contributed by atoms with Crippen molar-refractivity contribution in [3.8, 4) is 0 Å². The summed E-state index contributed by atoms with van der Waals surface area (Å²) in [5.74, 6) is 0. The van der Waals surface area contributed by atoms with Crippen molar-refractivity contribution in [3.63, 3.8) is 0 Å². The van der Waals surface area contributed by atoms with E-state index in [0.717, 1.165) is 0 Å². The van der Waals surface area contributed by atoms with Gasteiger partial charge < -0.3 is 5.32 Å². The van der Waals surface area contributed by atoms with Gasteiger partial charge in [-0.05, 0) is 0 Å². The number of thiocarbonyl (C=S) groups is 1. The Balaban J connectivity index is 2.81. The van der Waals surface area contributed by atoms with Gasteiger partial charge in [0.2, 0.25) is 0 Å². The van der Waals surface area contributed by atoms with E-state index < -0.39 is 4.96 Å². The molecule has 1 radical (unpaired) electrons. The third-order valence-corrected chi connectivity index (χ3v) is 0.504. The zero-order valence-corrected chi connectivity index (χ0v) is 5.07. The SMILES string of the molecule is S=[C]NC(Cl)Cl. The van der Waals surface area contributed by atoms with Gasteiger partial charge in [-0.25, -0.2) is 0 Å². The standard InChI is InChI=1S/C2H2Cl2NS/c3-2(4)5-1-6/h2H,(H,5,6). The van der Waals surface area contributed by atoms with Crippen LogP contribution in [0.3, 0.4) is 0 Å². The molecule has 0 heterocycles. The van der Waals surface area contributed by atoms with Crippen LogP contribution in [-0.2, 0) is 0 Å². The van der Waals surface area contributed by atoms with Crippen LogP contribution in [0, 0.1) is 0 Å². The molecule has 0 atom stereocenters. The minimum Gasteiger partial charge on any atom is -0.346 e. The Kier molecular flexibility index (Phi) is 3.94. The Labute approximate surface area is 51.6 Å². The van der Waals surface area contributed by atoms with E-state index in [0.29, 0.717) is 0 Å². The fourth-order valence-corrected chi connectivity index (χ4v) is 0.401. The Bertz CT molecular complexity index is 46.8. The first-order valence-corrected chi connectivity index (χ1v) is 2.46. The first kappa shape index (κ1) is 6.47. The molecule has 0 aliphatic heterocycles. The molecule has 0 aromatic heterocycles. The Morgan fingerprint density at radius 2 is 2.17 bits per heavy atom. The van der Waals surface area contributed by atoms with Gasteiger partial charge in [0, 0.05) is 0 Å². The maximum atomic E-state index is 5.10. The highest BCUT2D eigenvalue weighted by atomic mass is 35.5. The highest BCUT2D eigenvalue weighted by Gasteiger charge is 1.86. The van der Waals surface area contributed by atoms with Crippen molar-refractivity contribution in [2.45, 2.75) is 4.96 Å². The molecule has 0 fully saturated rings. The Morgan fingerprint density at radius 3 is 2.17 bits per heavy atom. The molecule has 0 saturated heterocycles. The van der Waals surface area contributed by atoms with Gasteiger partial charge in [-0.15, -0.1) is 0 Å². The van der Waals surface area contributed by atoms with E-state index in [9.17, 15) is 0 Å². The van der Waals surface area contributed by atoms with Crippen LogP contribution in [0.2, 0.25) is 0 Å². The van der Waals surface area contributed by atoms with E-state index in [1.54, 1.807) is 0 Å². The summed E-state index contributed by atoms with van der Waals surface area (Å²) in [6, 6.07) is 0. The lowest BCUT2D eigenvalue weighted by molar-refractivity contribution is 1.09. The van der Waals surface area contributed by atoms with Crippen molar-refractivity contribution in [1.82, 2.24) is 5.32 Å². The Hall–Kier alpha value is 0.470. The van der Waals surface area contributed by atoms with Gasteiger partial charge in [0.15, 0.2) is 4.96 Å². The summed E-state index contributed by atoms with van der Waals surface area (Å²) in [7, 11) is 0. The zero-order chi connectivity index (χ0) is 4.99. The second-order valence-electron chi connectivity index (χ2n) is 0.547. The molecular weight excluding hydrogens is 141 g/mol. The first-order chi connectivity index (χ1) is 2.77. The molecular formula is C2H2Cl2NS. The second kappa shape index (κ2) is 3.65. The minimum absolute atomic E-state index is 0.623. The molecule has 35 valence electrons. The molecule has 0 unspecified atom stereocenters. The van der Waals surface area contributed by atoms with Crippen LogP contribution in [-0.4, -0.2) is 10.5 Å². The summed E-state index contributed by atoms with van der Waals surface area (Å²) >= 11 is 14.4. The van der Waals surface area contributed by atoms with Crippen molar-refractivity contribution in [2.24, 2.45) is 0 Å². The Morgan fingerprint density at radius 1 is 1.67 bits per heavy atom. The average Bonchev–Trinajstić information content (AvgIpc) is 1.35. The van der Waals surface area contributed by atoms with Gasteiger partial charge in [-0.1, -0.05) is 35.4 Å². The monoisotopic (exact) mass is 142 g/mol. The lowest BCUT2D eigenvalue weighted by atomic mass is 11.2. The van der Waals surface area contributed by atoms with Gasteiger partial charge in [0.25, 0.3) is 0 Å². The van der Waals surface area contributed by atoms with Crippen molar-refractivity contribution >= 4 is 40.9 Å². The molecule has 1 N–H and O–H groups in total. The normalized spacial score (nSPS) is 8.50. The fourth-order valence-electron chi connectivity index (χ4n) is 0.0445. The van der Waals surface area contributed by atoms with Crippen LogP contribution in [0.4, 0.5) is 0 Å². The van der Waals surface area contributed by atoms with E-state index in [2.05, 4.69) is 23.0 Å². The quantitative estimate of drug-likeness (QED) is 0.269. The molecule has 0 aromatic rings. The number of nitrogens with one attached hydrogen (secondary N) is 1. The van der Waals surface area contributed by atoms with E-state index in [1.165, 1.54) is 0 Å².